The zero-order chi connectivity index (χ0) is 6.53. The first-order chi connectivity index (χ1) is 4.43. The quantitative estimate of drug-likeness (QED) is 0.415. The molecule has 9 heavy (non-hydrogen) atoms. The molecule has 1 aliphatic rings. The molecule has 0 aromatic rings. The van der Waals surface area contributed by atoms with Crippen LogP contribution in [0.3, 0.4) is 0 Å². The Morgan fingerprint density at radius 3 is 3.33 bits per heavy atom. The van der Waals surface area contributed by atoms with Crippen LogP contribution >= 0.6 is 0 Å². The second-order valence-electron chi connectivity index (χ2n) is 1.41. The van der Waals surface area contributed by atoms with E-state index in [2.05, 4.69) is 14.1 Å². The molecule has 0 saturated carbocycles. The van der Waals surface area contributed by atoms with Gasteiger partial charge in [0.05, 0.1) is 0 Å². The first-order valence-electron chi connectivity index (χ1n) is 2.60. The van der Waals surface area contributed by atoms with Crippen LogP contribution in [0.4, 0.5) is 0 Å². The van der Waals surface area contributed by atoms with Crippen LogP contribution in [0.15, 0.2) is 16.0 Å². The highest BCUT2D eigenvalue weighted by Crippen LogP contribution is 1.93. The third-order valence-electron chi connectivity index (χ3n) is 0.782. The molecule has 0 aromatic heterocycles. The van der Waals surface area contributed by atoms with Crippen LogP contribution in [0, 0.1) is 0 Å². The molecule has 0 saturated heterocycles. The Morgan fingerprint density at radius 2 is 2.78 bits per heavy atom. The number of nitrogens with zero attached hydrogens (tertiary/aromatic N) is 1. The topological polar surface area (TPSA) is 59.6 Å². The zero-order valence-electron chi connectivity index (χ0n) is 4.91. The summed E-state index contributed by atoms with van der Waals surface area (Å²) in [4.78, 5) is 4.62. The molecule has 0 amide bonds. The van der Waals surface area contributed by atoms with E-state index in [0.717, 1.165) is 6.54 Å². The molecule has 1 rings (SSSR count). The smallest absolute Gasteiger partial charge is 0.126 e. The second kappa shape index (κ2) is 3.73. The van der Waals surface area contributed by atoms with Crippen LogP contribution < -0.4 is 10.5 Å². The predicted octanol–water partition coefficient (Wildman–Crippen LogP) is -0.332. The molecule has 1 atom stereocenters. The fourth-order valence-electron chi connectivity index (χ4n) is 0.459. The van der Waals surface area contributed by atoms with Gasteiger partial charge in [-0.15, -0.1) is 0 Å². The van der Waals surface area contributed by atoms with Gasteiger partial charge in [0.2, 0.25) is 0 Å². The molecule has 1 unspecified atom stereocenters. The van der Waals surface area contributed by atoms with Gasteiger partial charge in [-0.05, 0) is 5.41 Å². The monoisotopic (exact) mass is 147 g/mol. The number of hydrogen-bond acceptors (Lipinski definition) is 3. The van der Waals surface area contributed by atoms with Crippen LogP contribution in [0.1, 0.15) is 0 Å². The lowest BCUT2D eigenvalue weighted by molar-refractivity contribution is 0.158. The van der Waals surface area contributed by atoms with Crippen LogP contribution in [0.2, 0.25) is 0 Å². The SMILES string of the molecule is NCO/N=S1\C=CCN1. The van der Waals surface area contributed by atoms with E-state index in [1.165, 1.54) is 0 Å². The average Bonchev–Trinajstić information content (AvgIpc) is 2.34. The Bertz CT molecular complexity index is 145. The van der Waals surface area contributed by atoms with E-state index in [-0.39, 0.29) is 17.6 Å². The van der Waals surface area contributed by atoms with Crippen molar-refractivity contribution in [2.75, 3.05) is 13.3 Å². The van der Waals surface area contributed by atoms with Gasteiger partial charge in [-0.3, -0.25) is 0 Å². The van der Waals surface area contributed by atoms with E-state index in [1.807, 2.05) is 11.5 Å². The molecule has 0 aliphatic carbocycles. The maximum atomic E-state index is 5.04. The summed E-state index contributed by atoms with van der Waals surface area (Å²) in [7, 11) is -0.235. The molecule has 1 heterocycles. The minimum atomic E-state index is -0.235. The van der Waals surface area contributed by atoms with E-state index in [0.29, 0.717) is 0 Å². The first-order valence-corrected chi connectivity index (χ1v) is 3.84. The molecular formula is C4H9N3OS. The van der Waals surface area contributed by atoms with Gasteiger partial charge in [-0.25, -0.2) is 9.56 Å². The largest absolute Gasteiger partial charge is 0.306 e. The average molecular weight is 147 g/mol. The van der Waals surface area contributed by atoms with Gasteiger partial charge in [0.1, 0.15) is 6.73 Å². The summed E-state index contributed by atoms with van der Waals surface area (Å²) in [5.74, 6) is 0. The van der Waals surface area contributed by atoms with E-state index in [1.54, 1.807) is 0 Å². The highest BCUT2D eigenvalue weighted by atomic mass is 32.2. The zero-order valence-corrected chi connectivity index (χ0v) is 5.73. The number of rotatable bonds is 2. The fourth-order valence-corrected chi connectivity index (χ4v) is 1.38. The standard InChI is InChI=1S/C4H9N3OS/c5-4-8-7-9-3-1-2-6-9/h1,3H,2,4-5H2,(H,6,7). The van der Waals surface area contributed by atoms with Crippen molar-refractivity contribution in [3.63, 3.8) is 0 Å². The Balaban J connectivity index is 2.32. The Labute approximate surface area is 56.3 Å². The molecular weight excluding hydrogens is 138 g/mol. The van der Waals surface area contributed by atoms with Crippen molar-refractivity contribution in [2.45, 2.75) is 0 Å². The second-order valence-corrected chi connectivity index (χ2v) is 2.74. The van der Waals surface area contributed by atoms with E-state index in [9.17, 15) is 0 Å². The number of hydrogen-bond donors (Lipinski definition) is 2. The predicted molar refractivity (Wildman–Crippen MR) is 37.1 cm³/mol. The minimum absolute atomic E-state index is 0.152. The summed E-state index contributed by atoms with van der Waals surface area (Å²) in [5, 5.41) is 1.95. The molecule has 5 heteroatoms. The molecule has 4 nitrogen and oxygen atoms in total. The highest BCUT2D eigenvalue weighted by molar-refractivity contribution is 7.88. The Hall–Kier alpha value is -0.230. The molecule has 0 fully saturated rings. The fraction of sp³-hybridized carbons (Fsp3) is 0.500. The normalized spacial score (nSPS) is 25.7. The third-order valence-corrected chi connectivity index (χ3v) is 1.96. The molecule has 1 aliphatic heterocycles. The van der Waals surface area contributed by atoms with Crippen molar-refractivity contribution in [2.24, 2.45) is 10.3 Å². The summed E-state index contributed by atoms with van der Waals surface area (Å²) in [6, 6.07) is 0. The Morgan fingerprint density at radius 1 is 1.89 bits per heavy atom. The molecule has 0 bridgehead atoms. The molecule has 0 radical (unpaired) electrons. The van der Waals surface area contributed by atoms with E-state index in [4.69, 9.17) is 5.73 Å². The lowest BCUT2D eigenvalue weighted by atomic mass is 10.7. The van der Waals surface area contributed by atoms with Gasteiger partial charge < -0.3 is 5.73 Å². The minimum Gasteiger partial charge on any atom is -0.306 e. The van der Waals surface area contributed by atoms with Crippen LogP contribution in [0.25, 0.3) is 0 Å². The van der Waals surface area contributed by atoms with Crippen LogP contribution in [-0.2, 0) is 15.7 Å². The van der Waals surface area contributed by atoms with Gasteiger partial charge in [0.25, 0.3) is 0 Å². The van der Waals surface area contributed by atoms with Gasteiger partial charge in [0.15, 0.2) is 0 Å². The maximum Gasteiger partial charge on any atom is 0.126 e. The molecule has 52 valence electrons. The number of nitrogens with two attached hydrogens (primary N) is 1. The Kier molecular flexibility index (Phi) is 2.85. The third kappa shape index (κ3) is 2.23. The summed E-state index contributed by atoms with van der Waals surface area (Å²) in [6.45, 7) is 1.03. The molecule has 3 N–H and O–H groups in total. The van der Waals surface area contributed by atoms with Crippen molar-refractivity contribution in [3.8, 4) is 0 Å². The summed E-state index contributed by atoms with van der Waals surface area (Å²) in [6.07, 6.45) is 2.01. The van der Waals surface area contributed by atoms with Crippen molar-refractivity contribution < 1.29 is 4.84 Å². The maximum absolute atomic E-state index is 5.04. The van der Waals surface area contributed by atoms with Crippen molar-refractivity contribution in [1.29, 1.82) is 0 Å². The lowest BCUT2D eigenvalue weighted by Crippen LogP contribution is -2.09. The summed E-state index contributed by atoms with van der Waals surface area (Å²) in [5.41, 5.74) is 5.04. The van der Waals surface area contributed by atoms with E-state index >= 15 is 0 Å². The van der Waals surface area contributed by atoms with Crippen molar-refractivity contribution in [1.82, 2.24) is 4.72 Å². The van der Waals surface area contributed by atoms with Crippen LogP contribution in [-0.4, -0.2) is 13.3 Å². The van der Waals surface area contributed by atoms with Crippen LogP contribution in [0.5, 0.6) is 0 Å². The van der Waals surface area contributed by atoms with Gasteiger partial charge in [-0.1, -0.05) is 10.6 Å². The number of nitrogens with one attached hydrogen (secondary N) is 1. The van der Waals surface area contributed by atoms with Gasteiger partial charge in [0, 0.05) is 17.4 Å². The van der Waals surface area contributed by atoms with Crippen molar-refractivity contribution in [3.05, 3.63) is 11.5 Å². The summed E-state index contributed by atoms with van der Waals surface area (Å²) >= 11 is 0. The summed E-state index contributed by atoms with van der Waals surface area (Å²) < 4.78 is 6.81. The first kappa shape index (κ1) is 6.88. The van der Waals surface area contributed by atoms with Gasteiger partial charge >= 0.3 is 0 Å². The van der Waals surface area contributed by atoms with Gasteiger partial charge in [-0.2, -0.15) is 0 Å². The van der Waals surface area contributed by atoms with E-state index < -0.39 is 0 Å². The van der Waals surface area contributed by atoms with Crippen molar-refractivity contribution >= 4 is 10.9 Å². The lowest BCUT2D eigenvalue weighted by Gasteiger charge is -1.93. The highest BCUT2D eigenvalue weighted by Gasteiger charge is 1.95. The molecule has 0 aromatic carbocycles. The molecule has 0 spiro atoms.